The largest absolute Gasteiger partial charge is 0.478 e. The third-order valence-corrected chi connectivity index (χ3v) is 2.88. The highest BCUT2D eigenvalue weighted by atomic mass is 16.4. The van der Waals surface area contributed by atoms with E-state index in [9.17, 15) is 9.59 Å². The van der Waals surface area contributed by atoms with E-state index < -0.39 is 5.97 Å². The molecule has 19 heavy (non-hydrogen) atoms. The van der Waals surface area contributed by atoms with Gasteiger partial charge in [0.2, 0.25) is 5.91 Å². The van der Waals surface area contributed by atoms with Gasteiger partial charge in [-0.3, -0.25) is 4.79 Å². The first-order valence-corrected chi connectivity index (χ1v) is 6.31. The van der Waals surface area contributed by atoms with Gasteiger partial charge < -0.3 is 15.7 Å². The summed E-state index contributed by atoms with van der Waals surface area (Å²) in [6, 6.07) is 4.66. The average Bonchev–Trinajstić information content (AvgIpc) is 2.37. The van der Waals surface area contributed by atoms with Crippen LogP contribution in [-0.4, -0.2) is 30.1 Å². The lowest BCUT2D eigenvalue weighted by molar-refractivity contribution is -0.119. The number of hydrogen-bond acceptors (Lipinski definition) is 3. The highest BCUT2D eigenvalue weighted by molar-refractivity contribution is 5.94. The third-order valence-electron chi connectivity index (χ3n) is 2.88. The quantitative estimate of drug-likeness (QED) is 0.733. The molecule has 0 fully saturated rings. The molecule has 0 heterocycles. The first-order valence-electron chi connectivity index (χ1n) is 6.31. The maximum absolute atomic E-state index is 11.9. The molecule has 0 bridgehead atoms. The number of anilines is 1. The van der Waals surface area contributed by atoms with Crippen LogP contribution in [0.2, 0.25) is 0 Å². The molecule has 1 amide bonds. The van der Waals surface area contributed by atoms with E-state index in [1.807, 2.05) is 13.8 Å². The number of aromatic carboxylic acids is 1. The molecule has 0 radical (unpaired) electrons. The predicted molar refractivity (Wildman–Crippen MR) is 74.5 cm³/mol. The van der Waals surface area contributed by atoms with Gasteiger partial charge >= 0.3 is 5.97 Å². The Hall–Kier alpha value is -1.88. The molecule has 0 aromatic heterocycles. The smallest absolute Gasteiger partial charge is 0.335 e. The van der Waals surface area contributed by atoms with Crippen molar-refractivity contribution < 1.29 is 14.7 Å². The van der Waals surface area contributed by atoms with Gasteiger partial charge in [-0.2, -0.15) is 0 Å². The van der Waals surface area contributed by atoms with Gasteiger partial charge in [0.25, 0.3) is 0 Å². The highest BCUT2D eigenvalue weighted by Crippen LogP contribution is 2.17. The number of carbonyl (C=O) groups is 2. The summed E-state index contributed by atoms with van der Waals surface area (Å²) in [5.41, 5.74) is 1.61. The summed E-state index contributed by atoms with van der Waals surface area (Å²) in [4.78, 5) is 22.7. The van der Waals surface area contributed by atoms with Crippen molar-refractivity contribution in [1.29, 1.82) is 0 Å². The molecule has 0 saturated heterocycles. The maximum atomic E-state index is 11.9. The Morgan fingerprint density at radius 3 is 2.58 bits per heavy atom. The second-order valence-corrected chi connectivity index (χ2v) is 4.53. The second kappa shape index (κ2) is 6.89. The zero-order valence-corrected chi connectivity index (χ0v) is 11.5. The maximum Gasteiger partial charge on any atom is 0.335 e. The molecule has 0 aliphatic rings. The minimum atomic E-state index is -0.971. The van der Waals surface area contributed by atoms with Crippen molar-refractivity contribution in [3.63, 3.8) is 0 Å². The second-order valence-electron chi connectivity index (χ2n) is 4.53. The van der Waals surface area contributed by atoms with Gasteiger partial charge in [0.15, 0.2) is 0 Å². The molecule has 0 spiro atoms. The molecule has 1 rings (SSSR count). The van der Waals surface area contributed by atoms with E-state index in [-0.39, 0.29) is 17.4 Å². The summed E-state index contributed by atoms with van der Waals surface area (Å²) >= 11 is 0. The van der Waals surface area contributed by atoms with Crippen LogP contribution in [0.25, 0.3) is 0 Å². The fourth-order valence-corrected chi connectivity index (χ4v) is 1.65. The molecule has 0 aliphatic heterocycles. The number of amides is 1. The normalized spacial score (nSPS) is 11.9. The third kappa shape index (κ3) is 4.37. The first-order chi connectivity index (χ1) is 8.95. The Balaban J connectivity index is 2.72. The van der Waals surface area contributed by atoms with Crippen molar-refractivity contribution in [1.82, 2.24) is 5.32 Å². The van der Waals surface area contributed by atoms with Crippen LogP contribution >= 0.6 is 0 Å². The monoisotopic (exact) mass is 264 g/mol. The molecular weight excluding hydrogens is 244 g/mol. The van der Waals surface area contributed by atoms with Crippen molar-refractivity contribution in [3.05, 3.63) is 29.3 Å². The number of benzene rings is 1. The van der Waals surface area contributed by atoms with Gasteiger partial charge in [-0.05, 0) is 37.2 Å². The highest BCUT2D eigenvalue weighted by Gasteiger charge is 2.14. The predicted octanol–water partition coefficient (Wildman–Crippen LogP) is 1.88. The van der Waals surface area contributed by atoms with Crippen LogP contribution in [0.15, 0.2) is 18.2 Å². The minimum absolute atomic E-state index is 0.0767. The number of carboxylic acid groups (broad SMARTS) is 1. The molecule has 1 aromatic rings. The number of carboxylic acids is 1. The van der Waals surface area contributed by atoms with Crippen molar-refractivity contribution in [2.45, 2.75) is 20.8 Å². The topological polar surface area (TPSA) is 78.4 Å². The Morgan fingerprint density at radius 2 is 2.05 bits per heavy atom. The molecule has 0 aliphatic carbocycles. The number of hydrogen-bond donors (Lipinski definition) is 3. The van der Waals surface area contributed by atoms with E-state index in [1.54, 1.807) is 19.1 Å². The van der Waals surface area contributed by atoms with Gasteiger partial charge in [0, 0.05) is 18.2 Å². The van der Waals surface area contributed by atoms with E-state index in [4.69, 9.17) is 5.11 Å². The van der Waals surface area contributed by atoms with E-state index in [0.29, 0.717) is 12.2 Å². The van der Waals surface area contributed by atoms with E-state index in [0.717, 1.165) is 12.1 Å². The van der Waals surface area contributed by atoms with Crippen molar-refractivity contribution >= 4 is 17.6 Å². The summed E-state index contributed by atoms with van der Waals surface area (Å²) in [6.45, 7) is 7.05. The molecule has 5 heteroatoms. The molecule has 0 saturated carbocycles. The van der Waals surface area contributed by atoms with Crippen LogP contribution in [0, 0.1) is 12.8 Å². The number of carbonyl (C=O) groups excluding carboxylic acids is 1. The van der Waals surface area contributed by atoms with Crippen LogP contribution in [0.1, 0.15) is 29.8 Å². The van der Waals surface area contributed by atoms with Crippen molar-refractivity contribution in [3.8, 4) is 0 Å². The molecular formula is C14H20N2O3. The van der Waals surface area contributed by atoms with Gasteiger partial charge in [-0.1, -0.05) is 13.8 Å². The standard InChI is InChI=1S/C14H20N2O3/c1-4-15-8-10(3)13(17)16-12-6-5-11(14(18)19)7-9(12)2/h5-7,10,15H,4,8H2,1-3H3,(H,16,17)(H,18,19). The van der Waals surface area contributed by atoms with Crippen molar-refractivity contribution in [2.75, 3.05) is 18.4 Å². The van der Waals surface area contributed by atoms with Crippen LogP contribution in [0.4, 0.5) is 5.69 Å². The van der Waals surface area contributed by atoms with Crippen molar-refractivity contribution in [2.24, 2.45) is 5.92 Å². The van der Waals surface area contributed by atoms with E-state index in [2.05, 4.69) is 10.6 Å². The van der Waals surface area contributed by atoms with Gasteiger partial charge in [0.1, 0.15) is 0 Å². The Kier molecular flexibility index (Phi) is 5.51. The summed E-state index contributed by atoms with van der Waals surface area (Å²) in [5.74, 6) is -1.19. The van der Waals surface area contributed by atoms with E-state index in [1.165, 1.54) is 6.07 Å². The number of nitrogens with one attached hydrogen (secondary N) is 2. The van der Waals surface area contributed by atoms with Crippen LogP contribution in [-0.2, 0) is 4.79 Å². The summed E-state index contributed by atoms with van der Waals surface area (Å²) in [7, 11) is 0. The summed E-state index contributed by atoms with van der Waals surface area (Å²) in [6.07, 6.45) is 0. The number of aryl methyl sites for hydroxylation is 1. The van der Waals surface area contributed by atoms with Crippen LogP contribution in [0.5, 0.6) is 0 Å². The average molecular weight is 264 g/mol. The lowest BCUT2D eigenvalue weighted by Gasteiger charge is -2.14. The Morgan fingerprint density at radius 1 is 1.37 bits per heavy atom. The van der Waals surface area contributed by atoms with Crippen LogP contribution < -0.4 is 10.6 Å². The minimum Gasteiger partial charge on any atom is -0.478 e. The van der Waals surface area contributed by atoms with Gasteiger partial charge in [-0.15, -0.1) is 0 Å². The fraction of sp³-hybridized carbons (Fsp3) is 0.429. The Labute approximate surface area is 113 Å². The SMILES string of the molecule is CCNCC(C)C(=O)Nc1ccc(C(=O)O)cc1C. The molecule has 1 atom stereocenters. The first kappa shape index (κ1) is 15.2. The zero-order valence-electron chi connectivity index (χ0n) is 11.5. The Bertz CT molecular complexity index is 472. The molecule has 3 N–H and O–H groups in total. The molecule has 5 nitrogen and oxygen atoms in total. The van der Waals surface area contributed by atoms with E-state index >= 15 is 0 Å². The zero-order chi connectivity index (χ0) is 14.4. The lowest BCUT2D eigenvalue weighted by Crippen LogP contribution is -2.30. The fourth-order valence-electron chi connectivity index (χ4n) is 1.65. The number of rotatable bonds is 6. The van der Waals surface area contributed by atoms with Gasteiger partial charge in [-0.25, -0.2) is 4.79 Å². The molecule has 1 unspecified atom stereocenters. The molecule has 1 aromatic carbocycles. The molecule has 104 valence electrons. The lowest BCUT2D eigenvalue weighted by atomic mass is 10.1. The van der Waals surface area contributed by atoms with Crippen LogP contribution in [0.3, 0.4) is 0 Å². The van der Waals surface area contributed by atoms with Gasteiger partial charge in [0.05, 0.1) is 5.56 Å². The summed E-state index contributed by atoms with van der Waals surface area (Å²) < 4.78 is 0. The summed E-state index contributed by atoms with van der Waals surface area (Å²) in [5, 5.41) is 14.8.